The van der Waals surface area contributed by atoms with Crippen LogP contribution < -0.4 is 16.0 Å². The van der Waals surface area contributed by atoms with Gasteiger partial charge in [0.15, 0.2) is 0 Å². The lowest BCUT2D eigenvalue weighted by atomic mass is 10.1. The number of benzene rings is 2. The first-order valence-electron chi connectivity index (χ1n) is 10.5. The number of hydrogen-bond acceptors (Lipinski definition) is 5. The van der Waals surface area contributed by atoms with Crippen molar-refractivity contribution in [3.8, 4) is 0 Å². The monoisotopic (exact) mass is 583 g/mol. The Balaban J connectivity index is 1.51. The van der Waals surface area contributed by atoms with Crippen LogP contribution in [-0.2, 0) is 4.79 Å². The Labute approximate surface area is 231 Å². The number of alkyl halides is 2. The van der Waals surface area contributed by atoms with E-state index >= 15 is 0 Å². The van der Waals surface area contributed by atoms with Crippen molar-refractivity contribution in [1.29, 1.82) is 5.41 Å². The summed E-state index contributed by atoms with van der Waals surface area (Å²) in [7, 11) is 1.68. The average molecular weight is 586 g/mol. The third-order valence-corrected chi connectivity index (χ3v) is 7.33. The van der Waals surface area contributed by atoms with Gasteiger partial charge in [-0.15, -0.1) is 23.2 Å². The normalized spacial score (nSPS) is 17.7. The zero-order valence-electron chi connectivity index (χ0n) is 18.5. The number of anilines is 3. The van der Waals surface area contributed by atoms with Crippen LogP contribution in [-0.4, -0.2) is 34.4 Å². The maximum atomic E-state index is 13.0. The van der Waals surface area contributed by atoms with Crippen LogP contribution in [0.1, 0.15) is 27.4 Å². The van der Waals surface area contributed by atoms with Gasteiger partial charge in [0.05, 0.1) is 28.4 Å². The second-order valence-corrected chi connectivity index (χ2v) is 10.8. The molecule has 4 rings (SSSR count). The number of rotatable bonds is 7. The summed E-state index contributed by atoms with van der Waals surface area (Å²) in [5.74, 6) is -1.73. The van der Waals surface area contributed by atoms with Gasteiger partial charge in [-0.1, -0.05) is 34.8 Å². The molecule has 12 heteroatoms. The van der Waals surface area contributed by atoms with Crippen molar-refractivity contribution >= 4 is 93.2 Å². The molecule has 1 heterocycles. The van der Waals surface area contributed by atoms with Gasteiger partial charge < -0.3 is 21.4 Å². The van der Waals surface area contributed by atoms with Crippen molar-refractivity contribution in [2.45, 2.75) is 10.3 Å². The van der Waals surface area contributed by atoms with Crippen molar-refractivity contribution in [1.82, 2.24) is 4.98 Å². The number of amides is 2. The van der Waals surface area contributed by atoms with Crippen LogP contribution in [0.25, 0.3) is 0 Å². The van der Waals surface area contributed by atoms with Crippen LogP contribution in [0.2, 0.25) is 15.1 Å². The highest BCUT2D eigenvalue weighted by Crippen LogP contribution is 2.65. The average Bonchev–Trinajstić information content (AvgIpc) is 3.41. The number of pyridine rings is 1. The molecule has 1 aromatic heterocycles. The summed E-state index contributed by atoms with van der Waals surface area (Å²) in [4.78, 5) is 30.1. The van der Waals surface area contributed by atoms with Gasteiger partial charge >= 0.3 is 0 Å². The number of hydrogen-bond donors (Lipinski definition) is 4. The molecule has 3 aromatic rings. The molecule has 0 aliphatic heterocycles. The topological polar surface area (TPSA) is 107 Å². The van der Waals surface area contributed by atoms with E-state index < -0.39 is 28.0 Å². The molecule has 36 heavy (non-hydrogen) atoms. The van der Waals surface area contributed by atoms with Crippen molar-refractivity contribution in [3.05, 3.63) is 80.4 Å². The van der Waals surface area contributed by atoms with Gasteiger partial charge in [-0.25, -0.2) is 4.98 Å². The van der Waals surface area contributed by atoms with Gasteiger partial charge in [0.1, 0.15) is 10.2 Å². The number of aromatic nitrogens is 1. The Morgan fingerprint density at radius 1 is 1.00 bits per heavy atom. The Bertz CT molecular complexity index is 1360. The van der Waals surface area contributed by atoms with Crippen LogP contribution in [0.5, 0.6) is 0 Å². The summed E-state index contributed by atoms with van der Waals surface area (Å²) in [6.45, 7) is 0. The van der Waals surface area contributed by atoms with Crippen molar-refractivity contribution in [3.63, 3.8) is 0 Å². The first-order valence-corrected chi connectivity index (χ1v) is 12.4. The number of nitrogens with zero attached hydrogens (tertiary/aromatic N) is 1. The van der Waals surface area contributed by atoms with Crippen molar-refractivity contribution in [2.24, 2.45) is 5.92 Å². The molecular formula is C24H18Cl5N5O2. The maximum absolute atomic E-state index is 13.0. The fraction of sp³-hybridized carbons (Fsp3) is 0.167. The maximum Gasteiger partial charge on any atom is 0.257 e. The summed E-state index contributed by atoms with van der Waals surface area (Å²) >= 11 is 31.3. The quantitative estimate of drug-likeness (QED) is 0.180. The number of carbonyl (C=O) groups excluding carboxylic acids is 2. The lowest BCUT2D eigenvalue weighted by molar-refractivity contribution is -0.117. The second-order valence-electron chi connectivity index (χ2n) is 8.03. The lowest BCUT2D eigenvalue weighted by Crippen LogP contribution is -2.18. The third-order valence-electron chi connectivity index (χ3n) is 5.63. The van der Waals surface area contributed by atoms with E-state index in [0.717, 1.165) is 6.21 Å². The number of nitrogens with one attached hydrogen (secondary N) is 4. The van der Waals surface area contributed by atoms with Crippen LogP contribution in [0.3, 0.4) is 0 Å². The van der Waals surface area contributed by atoms with E-state index in [1.54, 1.807) is 37.4 Å². The van der Waals surface area contributed by atoms with E-state index in [1.807, 2.05) is 0 Å². The second kappa shape index (κ2) is 10.4. The van der Waals surface area contributed by atoms with Gasteiger partial charge in [-0.2, -0.15) is 0 Å². The van der Waals surface area contributed by atoms with E-state index in [2.05, 4.69) is 20.9 Å². The molecule has 1 aliphatic carbocycles. The summed E-state index contributed by atoms with van der Waals surface area (Å²) in [5.41, 5.74) is 1.97. The SMILES string of the molecule is CNc1ncc(NC(=O)c2cc(NC(=O)C3C(c4cc(Cl)cc(Cl)c4)C3(Cl)Cl)ccc2Cl)cc1C=N. The van der Waals surface area contributed by atoms with Gasteiger partial charge in [-0.05, 0) is 48.0 Å². The third kappa shape index (κ3) is 5.41. The summed E-state index contributed by atoms with van der Waals surface area (Å²) in [5, 5.41) is 16.8. The Kier molecular flexibility index (Phi) is 7.69. The molecule has 0 saturated heterocycles. The van der Waals surface area contributed by atoms with Crippen molar-refractivity contribution in [2.75, 3.05) is 23.0 Å². The first-order chi connectivity index (χ1) is 17.0. The minimum Gasteiger partial charge on any atom is -0.373 e. The highest BCUT2D eigenvalue weighted by atomic mass is 35.5. The van der Waals surface area contributed by atoms with Crippen LogP contribution >= 0.6 is 58.0 Å². The number of halogens is 5. The zero-order valence-corrected chi connectivity index (χ0v) is 22.3. The van der Waals surface area contributed by atoms with Crippen molar-refractivity contribution < 1.29 is 9.59 Å². The first kappa shape index (κ1) is 26.5. The molecule has 1 saturated carbocycles. The van der Waals surface area contributed by atoms with Gasteiger partial charge in [-0.3, -0.25) is 9.59 Å². The van der Waals surface area contributed by atoms with E-state index in [4.69, 9.17) is 63.4 Å². The predicted octanol–water partition coefficient (Wildman–Crippen LogP) is 6.86. The zero-order chi connectivity index (χ0) is 26.2. The molecule has 2 unspecified atom stereocenters. The Hall–Kier alpha value is -2.55. The molecule has 2 atom stereocenters. The highest BCUT2D eigenvalue weighted by Gasteiger charge is 2.67. The summed E-state index contributed by atoms with van der Waals surface area (Å²) in [6.07, 6.45) is 2.57. The van der Waals surface area contributed by atoms with Crippen LogP contribution in [0, 0.1) is 11.3 Å². The van der Waals surface area contributed by atoms with E-state index in [9.17, 15) is 9.59 Å². The molecule has 2 amide bonds. The fourth-order valence-electron chi connectivity index (χ4n) is 3.89. The van der Waals surface area contributed by atoms with Crippen LogP contribution in [0.4, 0.5) is 17.2 Å². The minimum absolute atomic E-state index is 0.126. The molecule has 0 bridgehead atoms. The van der Waals surface area contributed by atoms with E-state index in [1.165, 1.54) is 18.3 Å². The Morgan fingerprint density at radius 2 is 1.69 bits per heavy atom. The summed E-state index contributed by atoms with van der Waals surface area (Å²) < 4.78 is -1.34. The number of carbonyl (C=O) groups is 2. The van der Waals surface area contributed by atoms with E-state index in [-0.39, 0.29) is 10.6 Å². The molecule has 0 radical (unpaired) electrons. The van der Waals surface area contributed by atoms with E-state index in [0.29, 0.717) is 38.4 Å². The van der Waals surface area contributed by atoms with Crippen LogP contribution in [0.15, 0.2) is 48.7 Å². The molecule has 1 aliphatic rings. The fourth-order valence-corrected chi connectivity index (χ4v) is 5.46. The van der Waals surface area contributed by atoms with Gasteiger partial charge in [0.2, 0.25) is 5.91 Å². The standard InChI is InChI=1S/C24H18Cl5N5O2/c1-31-21-12(9-30)6-16(10-32-21)34-22(35)17-8-15(2-3-18(17)27)33-23(36)20-19(24(20,28)29)11-4-13(25)7-14(26)5-11/h2-10,19-20,30H,1H3,(H,31,32)(H,33,36)(H,34,35). The predicted molar refractivity (Wildman–Crippen MR) is 147 cm³/mol. The molecule has 2 aromatic carbocycles. The Morgan fingerprint density at radius 3 is 2.33 bits per heavy atom. The van der Waals surface area contributed by atoms with Gasteiger partial charge in [0.25, 0.3) is 5.91 Å². The minimum atomic E-state index is -1.34. The molecule has 7 nitrogen and oxygen atoms in total. The molecule has 186 valence electrons. The lowest BCUT2D eigenvalue weighted by Gasteiger charge is -2.11. The molecule has 4 N–H and O–H groups in total. The molecular weight excluding hydrogens is 568 g/mol. The summed E-state index contributed by atoms with van der Waals surface area (Å²) in [6, 6.07) is 11.0. The molecule has 0 spiro atoms. The highest BCUT2D eigenvalue weighted by molar-refractivity contribution is 6.53. The van der Waals surface area contributed by atoms with Gasteiger partial charge in [0, 0.05) is 40.5 Å². The molecule has 1 fully saturated rings. The largest absolute Gasteiger partial charge is 0.373 e. The smallest absolute Gasteiger partial charge is 0.257 e.